The second-order valence-corrected chi connectivity index (χ2v) is 7.40. The third kappa shape index (κ3) is 4.05. The van der Waals surface area contributed by atoms with Gasteiger partial charge in [0.15, 0.2) is 11.6 Å². The summed E-state index contributed by atoms with van der Waals surface area (Å²) in [7, 11) is 1.89. The average molecular weight is 421 g/mol. The van der Waals surface area contributed by atoms with E-state index in [0.29, 0.717) is 29.4 Å². The van der Waals surface area contributed by atoms with E-state index in [2.05, 4.69) is 9.97 Å². The van der Waals surface area contributed by atoms with Crippen molar-refractivity contribution in [3.05, 3.63) is 69.7 Å². The molecule has 0 spiro atoms. The van der Waals surface area contributed by atoms with Gasteiger partial charge >= 0.3 is 5.69 Å². The molecule has 0 aliphatic carbocycles. The van der Waals surface area contributed by atoms with Crippen molar-refractivity contribution in [2.75, 3.05) is 11.9 Å². The quantitative estimate of drug-likeness (QED) is 0.625. The molecule has 31 heavy (non-hydrogen) atoms. The van der Waals surface area contributed by atoms with Crippen LogP contribution < -0.4 is 20.1 Å². The molecule has 0 N–H and O–H groups in total. The van der Waals surface area contributed by atoms with E-state index in [1.165, 1.54) is 12.1 Å². The van der Waals surface area contributed by atoms with Crippen LogP contribution in [0.4, 0.5) is 10.2 Å². The van der Waals surface area contributed by atoms with Crippen molar-refractivity contribution in [1.29, 1.82) is 5.26 Å². The second-order valence-electron chi connectivity index (χ2n) is 7.40. The first-order chi connectivity index (χ1) is 14.9. The maximum atomic E-state index is 14.7. The predicted octanol–water partition coefficient (Wildman–Crippen LogP) is 3.17. The number of aryl methyl sites for hydroxylation is 1. The topological polar surface area (TPSA) is 93.3 Å². The van der Waals surface area contributed by atoms with Gasteiger partial charge < -0.3 is 14.4 Å². The van der Waals surface area contributed by atoms with Crippen LogP contribution in [0.5, 0.6) is 17.4 Å². The summed E-state index contributed by atoms with van der Waals surface area (Å²) in [5.74, 6) is 0.378. The van der Waals surface area contributed by atoms with Crippen LogP contribution in [-0.2, 0) is 13.2 Å². The molecule has 0 amide bonds. The van der Waals surface area contributed by atoms with Crippen molar-refractivity contribution in [3.63, 3.8) is 0 Å². The van der Waals surface area contributed by atoms with Gasteiger partial charge in [-0.3, -0.25) is 9.55 Å². The van der Waals surface area contributed by atoms with E-state index in [-0.39, 0.29) is 29.8 Å². The third-order valence-corrected chi connectivity index (χ3v) is 5.13. The number of likely N-dealkylation sites (N-methyl/N-ethyl adjacent to an activating group) is 1. The van der Waals surface area contributed by atoms with Crippen molar-refractivity contribution in [2.24, 2.45) is 0 Å². The molecule has 1 aromatic carbocycles. The number of fused-ring (bicyclic) bond motifs is 1. The molecule has 0 saturated carbocycles. The highest BCUT2D eigenvalue weighted by atomic mass is 19.1. The zero-order valence-corrected chi connectivity index (χ0v) is 17.3. The van der Waals surface area contributed by atoms with E-state index in [4.69, 9.17) is 9.47 Å². The van der Waals surface area contributed by atoms with Gasteiger partial charge in [-0.25, -0.2) is 9.18 Å². The SMILES string of the molecule is Cc1cc(Oc2c(F)cc(COc3cc4n(c(=O)n3)CC(C)N4C)cc2C#N)ccn1. The molecule has 2 aromatic heterocycles. The Balaban J connectivity index is 1.55. The standard InChI is InChI=1S/C22H20FN5O3/c1-13-6-17(4-5-25-13)31-21-16(10-24)7-15(8-18(21)23)12-30-19-9-20-27(3)14(2)11-28(20)22(29)26-19/h4-9,14H,11-12H2,1-3H3. The molecule has 1 aliphatic heterocycles. The number of anilines is 1. The van der Waals surface area contributed by atoms with Gasteiger partial charge in [0, 0.05) is 43.7 Å². The molecule has 1 aliphatic rings. The Morgan fingerprint density at radius 1 is 1.32 bits per heavy atom. The van der Waals surface area contributed by atoms with Gasteiger partial charge in [-0.1, -0.05) is 0 Å². The molecular weight excluding hydrogens is 401 g/mol. The van der Waals surface area contributed by atoms with E-state index in [9.17, 15) is 14.4 Å². The normalized spacial score (nSPS) is 14.8. The molecule has 1 atom stereocenters. The minimum atomic E-state index is -0.692. The first-order valence-electron chi connectivity index (χ1n) is 9.66. The summed E-state index contributed by atoms with van der Waals surface area (Å²) in [6, 6.07) is 9.75. The van der Waals surface area contributed by atoms with Crippen molar-refractivity contribution >= 4 is 5.82 Å². The van der Waals surface area contributed by atoms with Crippen molar-refractivity contribution < 1.29 is 13.9 Å². The lowest BCUT2D eigenvalue weighted by Crippen LogP contribution is -2.23. The molecule has 0 fully saturated rings. The van der Waals surface area contributed by atoms with Gasteiger partial charge in [-0.05, 0) is 37.6 Å². The smallest absolute Gasteiger partial charge is 0.352 e. The van der Waals surface area contributed by atoms with Gasteiger partial charge in [0.25, 0.3) is 0 Å². The summed E-state index contributed by atoms with van der Waals surface area (Å²) in [4.78, 5) is 22.2. The fourth-order valence-corrected chi connectivity index (χ4v) is 3.40. The summed E-state index contributed by atoms with van der Waals surface area (Å²) < 4.78 is 27.5. The second kappa shape index (κ2) is 8.07. The molecule has 4 rings (SSSR count). The lowest BCUT2D eigenvalue weighted by molar-refractivity contribution is 0.290. The highest BCUT2D eigenvalue weighted by Crippen LogP contribution is 2.30. The molecule has 3 heterocycles. The summed E-state index contributed by atoms with van der Waals surface area (Å²) >= 11 is 0. The summed E-state index contributed by atoms with van der Waals surface area (Å²) in [5.41, 5.74) is 0.753. The highest BCUT2D eigenvalue weighted by Gasteiger charge is 2.25. The third-order valence-electron chi connectivity index (χ3n) is 5.13. The number of benzene rings is 1. The Kier molecular flexibility index (Phi) is 5.29. The minimum absolute atomic E-state index is 0.0311. The monoisotopic (exact) mass is 421 g/mol. The van der Waals surface area contributed by atoms with Gasteiger partial charge in [-0.15, -0.1) is 0 Å². The number of halogens is 1. The van der Waals surface area contributed by atoms with Crippen LogP contribution in [0.2, 0.25) is 0 Å². The number of hydrogen-bond donors (Lipinski definition) is 0. The Morgan fingerprint density at radius 2 is 2.13 bits per heavy atom. The molecule has 0 radical (unpaired) electrons. The minimum Gasteiger partial charge on any atom is -0.473 e. The van der Waals surface area contributed by atoms with Crippen LogP contribution in [0.3, 0.4) is 0 Å². The van der Waals surface area contributed by atoms with Crippen LogP contribution in [0.25, 0.3) is 0 Å². The molecule has 158 valence electrons. The molecule has 0 saturated heterocycles. The fourth-order valence-electron chi connectivity index (χ4n) is 3.40. The van der Waals surface area contributed by atoms with Crippen LogP contribution >= 0.6 is 0 Å². The van der Waals surface area contributed by atoms with Crippen molar-refractivity contribution in [1.82, 2.24) is 14.5 Å². The van der Waals surface area contributed by atoms with Crippen LogP contribution in [0, 0.1) is 24.1 Å². The Morgan fingerprint density at radius 3 is 2.87 bits per heavy atom. The van der Waals surface area contributed by atoms with Gasteiger partial charge in [-0.2, -0.15) is 10.2 Å². The average Bonchev–Trinajstić information content (AvgIpc) is 3.03. The number of pyridine rings is 1. The summed E-state index contributed by atoms with van der Waals surface area (Å²) in [5, 5.41) is 9.47. The first-order valence-corrected chi connectivity index (χ1v) is 9.66. The largest absolute Gasteiger partial charge is 0.473 e. The maximum Gasteiger partial charge on any atom is 0.352 e. The zero-order valence-electron chi connectivity index (χ0n) is 17.3. The van der Waals surface area contributed by atoms with Crippen molar-refractivity contribution in [3.8, 4) is 23.4 Å². The number of hydrogen-bond acceptors (Lipinski definition) is 7. The van der Waals surface area contributed by atoms with Crippen LogP contribution in [0.1, 0.15) is 23.7 Å². The number of aromatic nitrogens is 3. The van der Waals surface area contributed by atoms with E-state index < -0.39 is 11.5 Å². The van der Waals surface area contributed by atoms with Crippen molar-refractivity contribution in [2.45, 2.75) is 33.0 Å². The zero-order chi connectivity index (χ0) is 22.1. The van der Waals surface area contributed by atoms with Gasteiger partial charge in [0.05, 0.1) is 5.56 Å². The number of rotatable bonds is 5. The van der Waals surface area contributed by atoms with Crippen LogP contribution in [0.15, 0.2) is 41.3 Å². The lowest BCUT2D eigenvalue weighted by atomic mass is 10.1. The summed E-state index contributed by atoms with van der Waals surface area (Å²) in [6.07, 6.45) is 1.54. The molecule has 0 bridgehead atoms. The van der Waals surface area contributed by atoms with E-state index in [1.807, 2.05) is 24.9 Å². The van der Waals surface area contributed by atoms with Gasteiger partial charge in [0.2, 0.25) is 5.88 Å². The molecule has 3 aromatic rings. The molecular formula is C22H20FN5O3. The maximum absolute atomic E-state index is 14.7. The lowest BCUT2D eigenvalue weighted by Gasteiger charge is -2.16. The van der Waals surface area contributed by atoms with Crippen LogP contribution in [-0.4, -0.2) is 27.6 Å². The molecule has 1 unspecified atom stereocenters. The fraction of sp³-hybridized carbons (Fsp3) is 0.273. The predicted molar refractivity (Wildman–Crippen MR) is 111 cm³/mol. The number of nitriles is 1. The Bertz CT molecular complexity index is 1250. The number of ether oxygens (including phenoxy) is 2. The highest BCUT2D eigenvalue weighted by molar-refractivity contribution is 5.49. The Labute approximate surface area is 178 Å². The summed E-state index contributed by atoms with van der Waals surface area (Å²) in [6.45, 7) is 4.30. The molecule has 8 nitrogen and oxygen atoms in total. The van der Waals surface area contributed by atoms with E-state index in [1.54, 1.807) is 35.9 Å². The first kappa shape index (κ1) is 20.3. The Hall–Kier alpha value is -3.93. The van der Waals surface area contributed by atoms with E-state index >= 15 is 0 Å². The molecule has 9 heteroatoms. The van der Waals surface area contributed by atoms with Gasteiger partial charge in [0.1, 0.15) is 24.2 Å². The number of nitrogens with zero attached hydrogens (tertiary/aromatic N) is 5. The van der Waals surface area contributed by atoms with E-state index in [0.717, 1.165) is 0 Å².